The molecule has 0 aliphatic carbocycles. The van der Waals surface area contributed by atoms with Crippen molar-refractivity contribution in [1.29, 1.82) is 0 Å². The lowest BCUT2D eigenvalue weighted by Crippen LogP contribution is -2.37. The molecule has 0 spiro atoms. The summed E-state index contributed by atoms with van der Waals surface area (Å²) < 4.78 is 5.13. The van der Waals surface area contributed by atoms with Gasteiger partial charge in [0, 0.05) is 6.42 Å². The molecule has 1 aromatic heterocycles. The summed E-state index contributed by atoms with van der Waals surface area (Å²) in [7, 11) is 0. The van der Waals surface area contributed by atoms with E-state index in [2.05, 4.69) is 42.3 Å². The second-order valence-electron chi connectivity index (χ2n) is 10.9. The molecular formula is C32H63N2+. The molecule has 0 aliphatic heterocycles. The fourth-order valence-electron chi connectivity index (χ4n) is 5.26. The quantitative estimate of drug-likeness (QED) is 0.0930. The number of aryl methyl sites for hydroxylation is 2. The van der Waals surface area contributed by atoms with Crippen LogP contribution in [0.25, 0.3) is 0 Å². The smallest absolute Gasteiger partial charge is 0.234 e. The molecule has 2 heteroatoms. The topological polar surface area (TPSA) is 8.81 Å². The van der Waals surface area contributed by atoms with E-state index in [0.717, 1.165) is 0 Å². The summed E-state index contributed by atoms with van der Waals surface area (Å²) in [6, 6.07) is 0. The molecule has 2 nitrogen and oxygen atoms in total. The van der Waals surface area contributed by atoms with E-state index in [9.17, 15) is 0 Å². The molecule has 0 amide bonds. The minimum atomic E-state index is 1.21. The van der Waals surface area contributed by atoms with E-state index in [1.807, 2.05) is 0 Å². The van der Waals surface area contributed by atoms with Crippen LogP contribution in [0.5, 0.6) is 0 Å². The zero-order chi connectivity index (χ0) is 24.5. The third-order valence-electron chi connectivity index (χ3n) is 7.60. The molecule has 0 aliphatic rings. The molecule has 0 fully saturated rings. The first-order chi connectivity index (χ1) is 16.8. The largest absolute Gasteiger partial charge is 0.256 e. The maximum Gasteiger partial charge on any atom is 0.256 e. The van der Waals surface area contributed by atoms with Gasteiger partial charge in [0.05, 0.1) is 13.1 Å². The summed E-state index contributed by atoms with van der Waals surface area (Å²) in [5.41, 5.74) is 0. The summed E-state index contributed by atoms with van der Waals surface area (Å²) in [5.74, 6) is 1.58. The van der Waals surface area contributed by atoms with E-state index >= 15 is 0 Å². The van der Waals surface area contributed by atoms with Gasteiger partial charge >= 0.3 is 0 Å². The Balaban J connectivity index is 2.02. The van der Waals surface area contributed by atoms with Crippen LogP contribution in [0.3, 0.4) is 0 Å². The van der Waals surface area contributed by atoms with E-state index in [4.69, 9.17) is 0 Å². The Kier molecular flexibility index (Phi) is 22.0. The maximum atomic E-state index is 2.58. The standard InChI is InChI=1S/C32H63N2/c1-4-7-10-11-12-13-14-15-16-17-18-19-20-21-22-23-26-29-34-31-30-33(28-25-9-6-3)32(34)27-24-8-5-2/h30-31H,4-29H2,1-3H3/q+1. The van der Waals surface area contributed by atoms with Crippen LogP contribution in [0, 0.1) is 0 Å². The predicted octanol–water partition coefficient (Wildman–Crippen LogP) is 10.4. The van der Waals surface area contributed by atoms with Gasteiger partial charge in [0.25, 0.3) is 5.82 Å². The highest BCUT2D eigenvalue weighted by Gasteiger charge is 2.16. The summed E-state index contributed by atoms with van der Waals surface area (Å²) in [6.07, 6.45) is 38.6. The molecular weight excluding hydrogens is 412 g/mol. The number of aromatic nitrogens is 2. The molecule has 0 atom stereocenters. The van der Waals surface area contributed by atoms with Crippen LogP contribution in [0.2, 0.25) is 0 Å². The molecule has 1 aromatic rings. The maximum absolute atomic E-state index is 2.58. The first-order valence-corrected chi connectivity index (χ1v) is 15.9. The Bertz CT molecular complexity index is 533. The van der Waals surface area contributed by atoms with Gasteiger partial charge in [-0.2, -0.15) is 0 Å². The lowest BCUT2D eigenvalue weighted by molar-refractivity contribution is -0.704. The van der Waals surface area contributed by atoms with Gasteiger partial charge in [-0.3, -0.25) is 0 Å². The third kappa shape index (κ3) is 16.8. The lowest BCUT2D eigenvalue weighted by Gasteiger charge is -2.06. The van der Waals surface area contributed by atoms with Crippen molar-refractivity contribution in [3.05, 3.63) is 18.2 Å². The number of rotatable bonds is 26. The Hall–Kier alpha value is -0.790. The Morgan fingerprint density at radius 3 is 1.41 bits per heavy atom. The summed E-state index contributed by atoms with van der Waals surface area (Å²) >= 11 is 0. The minimum absolute atomic E-state index is 1.21. The van der Waals surface area contributed by atoms with Gasteiger partial charge < -0.3 is 0 Å². The van der Waals surface area contributed by atoms with E-state index in [1.54, 1.807) is 5.82 Å². The molecule has 0 radical (unpaired) electrons. The van der Waals surface area contributed by atoms with Gasteiger partial charge in [-0.15, -0.1) is 0 Å². The molecule has 1 rings (SSSR count). The van der Waals surface area contributed by atoms with Crippen LogP contribution in [0.4, 0.5) is 0 Å². The molecule has 1 heterocycles. The van der Waals surface area contributed by atoms with Crippen LogP contribution >= 0.6 is 0 Å². The summed E-state index contributed by atoms with van der Waals surface area (Å²) in [5, 5.41) is 0. The van der Waals surface area contributed by atoms with Crippen molar-refractivity contribution < 1.29 is 4.57 Å². The number of unbranched alkanes of at least 4 members (excludes halogenated alkanes) is 20. The monoisotopic (exact) mass is 475 g/mol. The second-order valence-corrected chi connectivity index (χ2v) is 10.9. The lowest BCUT2D eigenvalue weighted by atomic mass is 10.0. The fourth-order valence-corrected chi connectivity index (χ4v) is 5.26. The molecule has 200 valence electrons. The zero-order valence-electron chi connectivity index (χ0n) is 23.9. The van der Waals surface area contributed by atoms with Crippen molar-refractivity contribution in [1.82, 2.24) is 4.57 Å². The van der Waals surface area contributed by atoms with E-state index in [0.29, 0.717) is 0 Å². The Morgan fingerprint density at radius 2 is 0.912 bits per heavy atom. The first kappa shape index (κ1) is 31.2. The van der Waals surface area contributed by atoms with E-state index in [1.165, 1.54) is 167 Å². The van der Waals surface area contributed by atoms with Crippen molar-refractivity contribution in [3.8, 4) is 0 Å². The molecule has 0 N–H and O–H groups in total. The fraction of sp³-hybridized carbons (Fsp3) is 0.906. The third-order valence-corrected chi connectivity index (χ3v) is 7.60. The first-order valence-electron chi connectivity index (χ1n) is 15.9. The number of hydrogen-bond acceptors (Lipinski definition) is 0. The Morgan fingerprint density at radius 1 is 0.500 bits per heavy atom. The van der Waals surface area contributed by atoms with E-state index < -0.39 is 0 Å². The van der Waals surface area contributed by atoms with Crippen molar-refractivity contribution >= 4 is 0 Å². The van der Waals surface area contributed by atoms with Gasteiger partial charge in [-0.1, -0.05) is 136 Å². The van der Waals surface area contributed by atoms with Crippen LogP contribution in [0.15, 0.2) is 12.4 Å². The predicted molar refractivity (Wildman–Crippen MR) is 152 cm³/mol. The van der Waals surface area contributed by atoms with Gasteiger partial charge in [0.2, 0.25) is 0 Å². The van der Waals surface area contributed by atoms with Crippen molar-refractivity contribution in [2.75, 3.05) is 0 Å². The normalized spacial score (nSPS) is 11.5. The van der Waals surface area contributed by atoms with Gasteiger partial charge in [0.1, 0.15) is 12.4 Å². The Labute approximate surface area is 215 Å². The van der Waals surface area contributed by atoms with Gasteiger partial charge in [-0.05, 0) is 32.1 Å². The van der Waals surface area contributed by atoms with Gasteiger partial charge in [-0.25, -0.2) is 9.13 Å². The SMILES string of the molecule is CCCCCCCCCCCCCCCCCCC[n+]1ccn(CCCCC)c1CCCCC. The number of nitrogens with zero attached hydrogens (tertiary/aromatic N) is 2. The van der Waals surface area contributed by atoms with Crippen LogP contribution < -0.4 is 4.57 Å². The highest BCUT2D eigenvalue weighted by Crippen LogP contribution is 2.14. The number of imidazole rings is 1. The van der Waals surface area contributed by atoms with Crippen molar-refractivity contribution in [2.45, 2.75) is 188 Å². The minimum Gasteiger partial charge on any atom is -0.234 e. The van der Waals surface area contributed by atoms with Crippen LogP contribution in [0.1, 0.15) is 174 Å². The zero-order valence-corrected chi connectivity index (χ0v) is 23.9. The van der Waals surface area contributed by atoms with Crippen molar-refractivity contribution in [3.63, 3.8) is 0 Å². The molecule has 0 unspecified atom stereocenters. The van der Waals surface area contributed by atoms with Crippen LogP contribution in [-0.4, -0.2) is 4.57 Å². The average molecular weight is 476 g/mol. The van der Waals surface area contributed by atoms with E-state index in [-0.39, 0.29) is 0 Å². The second kappa shape index (κ2) is 23.9. The number of hydrogen-bond donors (Lipinski definition) is 0. The summed E-state index contributed by atoms with van der Waals surface area (Å²) in [6.45, 7) is 9.35. The molecule has 0 bridgehead atoms. The van der Waals surface area contributed by atoms with Crippen molar-refractivity contribution in [2.24, 2.45) is 0 Å². The van der Waals surface area contributed by atoms with Crippen LogP contribution in [-0.2, 0) is 19.5 Å². The molecule has 34 heavy (non-hydrogen) atoms. The average Bonchev–Trinajstić information content (AvgIpc) is 3.23. The molecule has 0 saturated heterocycles. The molecule has 0 saturated carbocycles. The van der Waals surface area contributed by atoms with Gasteiger partial charge in [0.15, 0.2) is 0 Å². The highest BCUT2D eigenvalue weighted by atomic mass is 15.1. The summed E-state index contributed by atoms with van der Waals surface area (Å²) in [4.78, 5) is 0. The highest BCUT2D eigenvalue weighted by molar-refractivity contribution is 4.84. The molecule has 0 aromatic carbocycles.